The number of carbonyl (C=O) groups is 1. The van der Waals surface area contributed by atoms with Crippen molar-refractivity contribution < 1.29 is 21.6 Å². The summed E-state index contributed by atoms with van der Waals surface area (Å²) in [5, 5.41) is 0. The van der Waals surface area contributed by atoms with Crippen LogP contribution in [0.25, 0.3) is 0 Å². The lowest BCUT2D eigenvalue weighted by molar-refractivity contribution is -0.119. The van der Waals surface area contributed by atoms with Crippen LogP contribution in [0.15, 0.2) is 53.4 Å². The molecule has 144 valence electrons. The normalized spacial score (nSPS) is 19.3. The van der Waals surface area contributed by atoms with E-state index in [0.29, 0.717) is 5.69 Å². The second-order valence-electron chi connectivity index (χ2n) is 6.43. The van der Waals surface area contributed by atoms with Gasteiger partial charge in [-0.15, -0.1) is 0 Å². The molecule has 9 heteroatoms. The third-order valence-corrected chi connectivity index (χ3v) is 7.62. The highest BCUT2D eigenvalue weighted by Crippen LogP contribution is 2.29. The van der Waals surface area contributed by atoms with Crippen LogP contribution >= 0.6 is 0 Å². The second-order valence-corrected chi connectivity index (χ2v) is 9.98. The first-order chi connectivity index (χ1) is 12.6. The summed E-state index contributed by atoms with van der Waals surface area (Å²) >= 11 is 0. The van der Waals surface area contributed by atoms with Crippen molar-refractivity contribution in [1.29, 1.82) is 0 Å². The molecule has 1 heterocycles. The lowest BCUT2D eigenvalue weighted by Gasteiger charge is -2.16. The standard InChI is InChI=1S/C18H20N2O5S2/c1-3-14-4-6-15(7-5-14)19-27(24,25)17-10-8-16(9-11-17)20-18(21)13(2)12-26(20,22)23/h4-11,13,19H,3,12H2,1-2H3/t13-/m1/s1. The lowest BCUT2D eigenvalue weighted by Crippen LogP contribution is -2.30. The largest absolute Gasteiger partial charge is 0.280 e. The van der Waals surface area contributed by atoms with Gasteiger partial charge in [0, 0.05) is 5.69 Å². The Morgan fingerprint density at radius 2 is 1.67 bits per heavy atom. The van der Waals surface area contributed by atoms with E-state index in [4.69, 9.17) is 0 Å². The molecule has 2 aromatic rings. The van der Waals surface area contributed by atoms with Gasteiger partial charge in [-0.1, -0.05) is 26.0 Å². The van der Waals surface area contributed by atoms with Crippen LogP contribution in [0.5, 0.6) is 0 Å². The van der Waals surface area contributed by atoms with Crippen LogP contribution in [0.3, 0.4) is 0 Å². The topological polar surface area (TPSA) is 101 Å². The van der Waals surface area contributed by atoms with Gasteiger partial charge in [-0.2, -0.15) is 0 Å². The minimum Gasteiger partial charge on any atom is -0.280 e. The molecule has 0 unspecified atom stereocenters. The predicted molar refractivity (Wildman–Crippen MR) is 104 cm³/mol. The maximum Gasteiger partial charge on any atom is 0.261 e. The van der Waals surface area contributed by atoms with Crippen LogP contribution in [-0.2, 0) is 31.3 Å². The fraction of sp³-hybridized carbons (Fsp3) is 0.278. The van der Waals surface area contributed by atoms with E-state index in [1.807, 2.05) is 19.1 Å². The van der Waals surface area contributed by atoms with Crippen molar-refractivity contribution in [2.75, 3.05) is 14.8 Å². The summed E-state index contributed by atoms with van der Waals surface area (Å²) in [4.78, 5) is 12.1. The van der Waals surface area contributed by atoms with Crippen LogP contribution in [-0.4, -0.2) is 28.5 Å². The lowest BCUT2D eigenvalue weighted by atomic mass is 10.2. The van der Waals surface area contributed by atoms with Gasteiger partial charge in [0.25, 0.3) is 10.0 Å². The highest BCUT2D eigenvalue weighted by atomic mass is 32.2. The Labute approximate surface area is 159 Å². The molecule has 0 spiro atoms. The smallest absolute Gasteiger partial charge is 0.261 e. The maximum atomic E-state index is 12.5. The van der Waals surface area contributed by atoms with Gasteiger partial charge in [-0.3, -0.25) is 9.52 Å². The molecule has 3 rings (SSSR count). The van der Waals surface area contributed by atoms with Crippen LogP contribution < -0.4 is 9.03 Å². The van der Waals surface area contributed by atoms with Crippen LogP contribution in [0.2, 0.25) is 0 Å². The summed E-state index contributed by atoms with van der Waals surface area (Å²) in [6, 6.07) is 12.2. The number of sulfonamides is 2. The van der Waals surface area contributed by atoms with Gasteiger partial charge in [-0.25, -0.2) is 21.1 Å². The Hall–Kier alpha value is -2.39. The molecule has 7 nitrogen and oxygen atoms in total. The highest BCUT2D eigenvalue weighted by Gasteiger charge is 2.41. The summed E-state index contributed by atoms with van der Waals surface area (Å²) in [6.07, 6.45) is 0.852. The number of nitrogens with zero attached hydrogens (tertiary/aromatic N) is 1. The third kappa shape index (κ3) is 3.84. The van der Waals surface area contributed by atoms with Crippen molar-refractivity contribution in [3.8, 4) is 0 Å². The fourth-order valence-corrected chi connectivity index (χ4v) is 5.75. The van der Waals surface area contributed by atoms with E-state index in [0.717, 1.165) is 16.3 Å². The van der Waals surface area contributed by atoms with E-state index < -0.39 is 31.9 Å². The van der Waals surface area contributed by atoms with E-state index in [1.54, 1.807) is 19.1 Å². The zero-order chi connectivity index (χ0) is 19.8. The van der Waals surface area contributed by atoms with Crippen molar-refractivity contribution in [1.82, 2.24) is 0 Å². The van der Waals surface area contributed by atoms with Gasteiger partial charge in [0.05, 0.1) is 22.3 Å². The maximum absolute atomic E-state index is 12.5. The number of rotatable bonds is 5. The zero-order valence-electron chi connectivity index (χ0n) is 14.9. The quantitative estimate of drug-likeness (QED) is 0.819. The first-order valence-corrected chi connectivity index (χ1v) is 11.5. The highest BCUT2D eigenvalue weighted by molar-refractivity contribution is 7.94. The number of hydrogen-bond acceptors (Lipinski definition) is 5. The minimum absolute atomic E-state index is 0.0251. The van der Waals surface area contributed by atoms with E-state index >= 15 is 0 Å². The Balaban J connectivity index is 1.84. The predicted octanol–water partition coefficient (Wildman–Crippen LogP) is 2.36. The first kappa shape index (κ1) is 19.4. The van der Waals surface area contributed by atoms with Gasteiger partial charge in [0.1, 0.15) is 0 Å². The molecule has 0 radical (unpaired) electrons. The Morgan fingerprint density at radius 1 is 1.07 bits per heavy atom. The van der Waals surface area contributed by atoms with Crippen LogP contribution in [0.4, 0.5) is 11.4 Å². The molecule has 0 aliphatic carbocycles. The molecule has 0 bridgehead atoms. The second kappa shape index (κ2) is 6.97. The average Bonchev–Trinajstić information content (AvgIpc) is 2.82. The molecular weight excluding hydrogens is 388 g/mol. The average molecular weight is 409 g/mol. The van der Waals surface area contributed by atoms with Gasteiger partial charge < -0.3 is 0 Å². The monoisotopic (exact) mass is 408 g/mol. The SMILES string of the molecule is CCc1ccc(NS(=O)(=O)c2ccc(N3C(=O)[C@H](C)CS3(=O)=O)cc2)cc1. The fourth-order valence-electron chi connectivity index (χ4n) is 2.87. The molecule has 1 aliphatic heterocycles. The summed E-state index contributed by atoms with van der Waals surface area (Å²) in [5.74, 6) is -1.38. The van der Waals surface area contributed by atoms with Gasteiger partial charge >= 0.3 is 0 Å². The first-order valence-electron chi connectivity index (χ1n) is 8.43. The Kier molecular flexibility index (Phi) is 5.00. The molecule has 1 fully saturated rings. The molecule has 0 aromatic heterocycles. The summed E-state index contributed by atoms with van der Waals surface area (Å²) in [6.45, 7) is 3.55. The molecule has 0 saturated carbocycles. The number of hydrogen-bond donors (Lipinski definition) is 1. The number of benzene rings is 2. The van der Waals surface area contributed by atoms with E-state index in [-0.39, 0.29) is 16.3 Å². The number of carbonyl (C=O) groups excluding carboxylic acids is 1. The third-order valence-electron chi connectivity index (χ3n) is 4.36. The molecule has 1 atom stereocenters. The molecule has 1 N–H and O–H groups in total. The zero-order valence-corrected chi connectivity index (χ0v) is 16.5. The Bertz CT molecular complexity index is 1060. The molecule has 27 heavy (non-hydrogen) atoms. The van der Waals surface area contributed by atoms with Crippen molar-refractivity contribution in [3.05, 3.63) is 54.1 Å². The molecule has 2 aromatic carbocycles. The van der Waals surface area contributed by atoms with Crippen LogP contribution in [0.1, 0.15) is 19.4 Å². The molecule has 1 saturated heterocycles. The van der Waals surface area contributed by atoms with Crippen molar-refractivity contribution in [2.45, 2.75) is 25.2 Å². The van der Waals surface area contributed by atoms with E-state index in [1.165, 1.54) is 24.3 Å². The van der Waals surface area contributed by atoms with Gasteiger partial charge in [0.2, 0.25) is 15.9 Å². The van der Waals surface area contributed by atoms with Gasteiger partial charge in [0.15, 0.2) is 0 Å². The summed E-state index contributed by atoms with van der Waals surface area (Å²) in [7, 11) is -7.55. The number of anilines is 2. The van der Waals surface area contributed by atoms with Crippen molar-refractivity contribution in [3.63, 3.8) is 0 Å². The van der Waals surface area contributed by atoms with Crippen molar-refractivity contribution in [2.24, 2.45) is 5.92 Å². The number of nitrogens with one attached hydrogen (secondary N) is 1. The number of amides is 1. The summed E-state index contributed by atoms with van der Waals surface area (Å²) in [5.41, 5.74) is 1.66. The van der Waals surface area contributed by atoms with Gasteiger partial charge in [-0.05, 0) is 48.4 Å². The molecular formula is C18H20N2O5S2. The van der Waals surface area contributed by atoms with E-state index in [2.05, 4.69) is 4.72 Å². The molecule has 1 amide bonds. The summed E-state index contributed by atoms with van der Waals surface area (Å²) < 4.78 is 52.5. The molecule has 1 aliphatic rings. The van der Waals surface area contributed by atoms with Crippen LogP contribution in [0, 0.1) is 5.92 Å². The Morgan fingerprint density at radius 3 is 2.15 bits per heavy atom. The van der Waals surface area contributed by atoms with E-state index in [9.17, 15) is 21.6 Å². The number of aryl methyl sites for hydroxylation is 1. The minimum atomic E-state index is -3.83. The van der Waals surface area contributed by atoms with Crippen molar-refractivity contribution >= 4 is 37.3 Å².